The molecule has 0 aromatic heterocycles. The van der Waals surface area contributed by atoms with Gasteiger partial charge in [-0.1, -0.05) is 30.3 Å². The Bertz CT molecular complexity index is 857. The zero-order valence-corrected chi connectivity index (χ0v) is 14.9. The SMILES string of the molecule is CCOC(=O)C(CNS(=O)(=O)c1ccc(F)cc1F)Cc1ccccc1. The molecule has 0 saturated carbocycles. The van der Waals surface area contributed by atoms with E-state index in [1.54, 1.807) is 31.2 Å². The number of hydrogen-bond donors (Lipinski definition) is 1. The van der Waals surface area contributed by atoms with E-state index in [4.69, 9.17) is 4.74 Å². The predicted molar refractivity (Wildman–Crippen MR) is 91.8 cm³/mol. The van der Waals surface area contributed by atoms with Crippen LogP contribution in [-0.2, 0) is 26.0 Å². The molecule has 0 bridgehead atoms. The normalized spacial score (nSPS) is 12.6. The van der Waals surface area contributed by atoms with Gasteiger partial charge in [0.15, 0.2) is 0 Å². The van der Waals surface area contributed by atoms with Crippen LogP contribution in [0.5, 0.6) is 0 Å². The zero-order chi connectivity index (χ0) is 19.2. The number of sulfonamides is 1. The minimum atomic E-state index is -4.24. The van der Waals surface area contributed by atoms with Gasteiger partial charge >= 0.3 is 5.97 Å². The molecule has 2 aromatic rings. The molecule has 2 rings (SSSR count). The maximum atomic E-state index is 13.7. The first-order valence-corrected chi connectivity index (χ1v) is 9.47. The lowest BCUT2D eigenvalue weighted by Gasteiger charge is -2.17. The van der Waals surface area contributed by atoms with Gasteiger partial charge in [0.2, 0.25) is 10.0 Å². The quantitative estimate of drug-likeness (QED) is 0.712. The van der Waals surface area contributed by atoms with E-state index in [-0.39, 0.29) is 19.6 Å². The Morgan fingerprint density at radius 2 is 1.85 bits per heavy atom. The predicted octanol–water partition coefficient (Wildman–Crippen LogP) is 2.67. The molecule has 1 N–H and O–H groups in total. The minimum absolute atomic E-state index is 0.156. The van der Waals surface area contributed by atoms with Gasteiger partial charge in [-0.2, -0.15) is 0 Å². The van der Waals surface area contributed by atoms with Crippen LogP contribution in [0.1, 0.15) is 12.5 Å². The fourth-order valence-corrected chi connectivity index (χ4v) is 3.52. The van der Waals surface area contributed by atoms with Gasteiger partial charge in [0, 0.05) is 12.6 Å². The number of ether oxygens (including phenoxy) is 1. The molecule has 26 heavy (non-hydrogen) atoms. The van der Waals surface area contributed by atoms with Crippen LogP contribution in [0.4, 0.5) is 8.78 Å². The van der Waals surface area contributed by atoms with E-state index in [1.807, 2.05) is 6.07 Å². The van der Waals surface area contributed by atoms with Crippen LogP contribution in [0.2, 0.25) is 0 Å². The lowest BCUT2D eigenvalue weighted by Crippen LogP contribution is -2.35. The molecule has 0 aliphatic rings. The highest BCUT2D eigenvalue weighted by atomic mass is 32.2. The first kappa shape index (κ1) is 20.0. The molecule has 1 unspecified atom stereocenters. The summed E-state index contributed by atoms with van der Waals surface area (Å²) in [4.78, 5) is 11.5. The van der Waals surface area contributed by atoms with E-state index >= 15 is 0 Å². The Kier molecular flexibility index (Phi) is 6.82. The highest BCUT2D eigenvalue weighted by molar-refractivity contribution is 7.89. The molecule has 0 radical (unpaired) electrons. The lowest BCUT2D eigenvalue weighted by molar-refractivity contribution is -0.147. The van der Waals surface area contributed by atoms with Crippen molar-refractivity contribution in [2.24, 2.45) is 5.92 Å². The zero-order valence-electron chi connectivity index (χ0n) is 14.1. The topological polar surface area (TPSA) is 72.5 Å². The minimum Gasteiger partial charge on any atom is -0.466 e. The van der Waals surface area contributed by atoms with Crippen molar-refractivity contribution in [1.82, 2.24) is 4.72 Å². The number of esters is 1. The van der Waals surface area contributed by atoms with E-state index in [2.05, 4.69) is 4.72 Å². The van der Waals surface area contributed by atoms with Crippen molar-refractivity contribution in [3.05, 3.63) is 65.7 Å². The third kappa shape index (κ3) is 5.34. The summed E-state index contributed by atoms with van der Waals surface area (Å²) in [5, 5.41) is 0. The van der Waals surface area contributed by atoms with E-state index in [1.165, 1.54) is 0 Å². The molecule has 140 valence electrons. The van der Waals surface area contributed by atoms with Gasteiger partial charge < -0.3 is 4.74 Å². The van der Waals surface area contributed by atoms with Crippen LogP contribution in [0.3, 0.4) is 0 Å². The average Bonchev–Trinajstić information content (AvgIpc) is 2.59. The molecule has 0 heterocycles. The van der Waals surface area contributed by atoms with Gasteiger partial charge in [-0.3, -0.25) is 4.79 Å². The summed E-state index contributed by atoms with van der Waals surface area (Å²) in [6, 6.07) is 11.2. The van der Waals surface area contributed by atoms with Gasteiger partial charge in [0.1, 0.15) is 16.5 Å². The standard InChI is InChI=1S/C18H19F2NO4S/c1-2-25-18(22)14(10-13-6-4-3-5-7-13)12-21-26(23,24)17-9-8-15(19)11-16(17)20/h3-9,11,14,21H,2,10,12H2,1H3. The lowest BCUT2D eigenvalue weighted by atomic mass is 10.00. The maximum Gasteiger partial charge on any atom is 0.310 e. The van der Waals surface area contributed by atoms with Crippen molar-refractivity contribution < 1.29 is 26.7 Å². The average molecular weight is 383 g/mol. The monoisotopic (exact) mass is 383 g/mol. The van der Waals surface area contributed by atoms with Crippen LogP contribution < -0.4 is 4.72 Å². The Balaban J connectivity index is 2.15. The highest BCUT2D eigenvalue weighted by Gasteiger charge is 2.25. The Morgan fingerprint density at radius 1 is 1.15 bits per heavy atom. The van der Waals surface area contributed by atoms with Crippen LogP contribution >= 0.6 is 0 Å². The van der Waals surface area contributed by atoms with E-state index < -0.39 is 38.4 Å². The molecule has 1 atom stereocenters. The Hall–Kier alpha value is -2.32. The van der Waals surface area contributed by atoms with Crippen molar-refractivity contribution in [3.63, 3.8) is 0 Å². The molecule has 0 aliphatic carbocycles. The molecule has 8 heteroatoms. The number of benzene rings is 2. The number of carbonyl (C=O) groups excluding carboxylic acids is 1. The summed E-state index contributed by atoms with van der Waals surface area (Å²) in [5.41, 5.74) is 0.831. The van der Waals surface area contributed by atoms with Crippen molar-refractivity contribution in [2.45, 2.75) is 18.2 Å². The summed E-state index contributed by atoms with van der Waals surface area (Å²) in [5.74, 6) is -3.42. The first-order chi connectivity index (χ1) is 12.3. The summed E-state index contributed by atoms with van der Waals surface area (Å²) in [6.45, 7) is 1.53. The maximum absolute atomic E-state index is 13.7. The second-order valence-electron chi connectivity index (χ2n) is 5.57. The van der Waals surface area contributed by atoms with Gasteiger partial charge in [-0.15, -0.1) is 0 Å². The van der Waals surface area contributed by atoms with Crippen molar-refractivity contribution in [3.8, 4) is 0 Å². The van der Waals surface area contributed by atoms with Crippen molar-refractivity contribution in [2.75, 3.05) is 13.2 Å². The number of hydrogen-bond acceptors (Lipinski definition) is 4. The largest absolute Gasteiger partial charge is 0.466 e. The number of carbonyl (C=O) groups is 1. The number of nitrogens with one attached hydrogen (secondary N) is 1. The molecule has 0 fully saturated rings. The Morgan fingerprint density at radius 3 is 2.46 bits per heavy atom. The molecular weight excluding hydrogens is 364 g/mol. The molecule has 0 amide bonds. The molecule has 0 saturated heterocycles. The van der Waals surface area contributed by atoms with Crippen molar-refractivity contribution >= 4 is 16.0 Å². The molecular formula is C18H19F2NO4S. The van der Waals surface area contributed by atoms with E-state index in [0.717, 1.165) is 17.7 Å². The second kappa shape index (κ2) is 8.86. The molecule has 0 spiro atoms. The first-order valence-electron chi connectivity index (χ1n) is 7.98. The fraction of sp³-hybridized carbons (Fsp3) is 0.278. The van der Waals surface area contributed by atoms with Crippen LogP contribution in [0.15, 0.2) is 53.4 Å². The molecule has 2 aromatic carbocycles. The van der Waals surface area contributed by atoms with Gasteiger partial charge in [-0.25, -0.2) is 21.9 Å². The molecule has 5 nitrogen and oxygen atoms in total. The van der Waals surface area contributed by atoms with Gasteiger partial charge in [0.25, 0.3) is 0 Å². The summed E-state index contributed by atoms with van der Waals surface area (Å²) < 4.78 is 58.5. The van der Waals surface area contributed by atoms with Crippen LogP contribution in [-0.4, -0.2) is 27.5 Å². The third-order valence-electron chi connectivity index (χ3n) is 3.65. The van der Waals surface area contributed by atoms with Gasteiger partial charge in [0.05, 0.1) is 12.5 Å². The van der Waals surface area contributed by atoms with E-state index in [0.29, 0.717) is 6.07 Å². The van der Waals surface area contributed by atoms with Gasteiger partial charge in [-0.05, 0) is 31.0 Å². The number of rotatable bonds is 8. The van der Waals surface area contributed by atoms with Crippen molar-refractivity contribution in [1.29, 1.82) is 0 Å². The second-order valence-corrected chi connectivity index (χ2v) is 7.30. The van der Waals surface area contributed by atoms with Crippen LogP contribution in [0.25, 0.3) is 0 Å². The summed E-state index contributed by atoms with van der Waals surface area (Å²) in [6.07, 6.45) is 0.258. The highest BCUT2D eigenvalue weighted by Crippen LogP contribution is 2.16. The summed E-state index contributed by atoms with van der Waals surface area (Å²) in [7, 11) is -4.24. The third-order valence-corrected chi connectivity index (χ3v) is 5.10. The smallest absolute Gasteiger partial charge is 0.310 e. The Labute approximate surface area is 151 Å². The number of halogens is 2. The van der Waals surface area contributed by atoms with Crippen LogP contribution in [0, 0.1) is 17.6 Å². The fourth-order valence-electron chi connectivity index (χ4n) is 2.38. The summed E-state index contributed by atoms with van der Waals surface area (Å²) >= 11 is 0. The van der Waals surface area contributed by atoms with E-state index in [9.17, 15) is 22.0 Å². The molecule has 0 aliphatic heterocycles.